The topological polar surface area (TPSA) is 55.1 Å². The van der Waals surface area contributed by atoms with E-state index in [2.05, 4.69) is 43.4 Å². The van der Waals surface area contributed by atoms with Crippen LogP contribution in [0.15, 0.2) is 54.6 Å². The first-order valence-corrected chi connectivity index (χ1v) is 9.60. The van der Waals surface area contributed by atoms with E-state index in [1.165, 1.54) is 16.9 Å². The van der Waals surface area contributed by atoms with Crippen molar-refractivity contribution in [2.45, 2.75) is 33.2 Å². The molecule has 2 aromatic carbocycles. The van der Waals surface area contributed by atoms with Gasteiger partial charge in [-0.1, -0.05) is 68.4 Å². The Morgan fingerprint density at radius 2 is 1.73 bits per heavy atom. The fourth-order valence-electron chi connectivity index (χ4n) is 3.04. The third kappa shape index (κ3) is 3.81. The van der Waals surface area contributed by atoms with Crippen LogP contribution in [0.2, 0.25) is 0 Å². The van der Waals surface area contributed by atoms with Crippen LogP contribution in [0, 0.1) is 6.92 Å². The number of carbonyl (C=O) groups excluding carboxylic acids is 1. The molecule has 134 valence electrons. The van der Waals surface area contributed by atoms with Crippen LogP contribution in [0.25, 0.3) is 11.1 Å². The molecule has 0 saturated heterocycles. The molecule has 3 nitrogen and oxygen atoms in total. The lowest BCUT2D eigenvalue weighted by Gasteiger charge is -2.10. The van der Waals surface area contributed by atoms with Crippen LogP contribution in [0.4, 0.5) is 5.00 Å². The van der Waals surface area contributed by atoms with Gasteiger partial charge in [-0.3, -0.25) is 4.79 Å². The van der Waals surface area contributed by atoms with Gasteiger partial charge in [0.2, 0.25) is 0 Å². The third-order valence-corrected chi connectivity index (χ3v) is 5.43. The molecule has 1 aromatic heterocycles. The second kappa shape index (κ2) is 7.75. The molecule has 0 spiro atoms. The van der Waals surface area contributed by atoms with Gasteiger partial charge in [0.05, 0.1) is 10.6 Å². The Balaban J connectivity index is 1.89. The highest BCUT2D eigenvalue weighted by molar-refractivity contribution is 7.16. The molecule has 3 rings (SSSR count). The minimum Gasteiger partial charge on any atom is -0.390 e. The smallest absolute Gasteiger partial charge is 0.255 e. The molecule has 4 heteroatoms. The minimum absolute atomic E-state index is 0.126. The molecule has 0 radical (unpaired) electrons. The minimum atomic E-state index is -0.126. The predicted molar refractivity (Wildman–Crippen MR) is 111 cm³/mol. The number of amides is 1. The monoisotopic (exact) mass is 364 g/mol. The van der Waals surface area contributed by atoms with Gasteiger partial charge in [0.25, 0.3) is 5.91 Å². The summed E-state index contributed by atoms with van der Waals surface area (Å²) in [5, 5.41) is 3.56. The number of nitrogens with two attached hydrogens (primary N) is 1. The van der Waals surface area contributed by atoms with Gasteiger partial charge in [-0.2, -0.15) is 0 Å². The molecule has 0 atom stereocenters. The fourth-order valence-corrected chi connectivity index (χ4v) is 3.99. The number of carbonyl (C=O) groups is 1. The van der Waals surface area contributed by atoms with E-state index in [0.29, 0.717) is 23.0 Å². The first kappa shape index (κ1) is 18.2. The summed E-state index contributed by atoms with van der Waals surface area (Å²) in [7, 11) is 0. The molecule has 1 heterocycles. The molecule has 3 N–H and O–H groups in total. The predicted octanol–water partition coefficient (Wildman–Crippen LogP) is 5.36. The van der Waals surface area contributed by atoms with Crippen LogP contribution in [0.1, 0.15) is 46.1 Å². The van der Waals surface area contributed by atoms with E-state index in [9.17, 15) is 4.79 Å². The summed E-state index contributed by atoms with van der Waals surface area (Å²) in [5.74, 6) is 0.352. The summed E-state index contributed by atoms with van der Waals surface area (Å²) >= 11 is 1.47. The number of anilines is 1. The number of nitrogens with one attached hydrogen (secondary N) is 1. The third-order valence-electron chi connectivity index (χ3n) is 4.50. The Morgan fingerprint density at radius 1 is 1.08 bits per heavy atom. The van der Waals surface area contributed by atoms with Crippen molar-refractivity contribution in [3.05, 3.63) is 76.2 Å². The van der Waals surface area contributed by atoms with Crippen LogP contribution in [0.5, 0.6) is 0 Å². The van der Waals surface area contributed by atoms with Crippen molar-refractivity contribution in [3.8, 4) is 11.1 Å². The molecule has 0 fully saturated rings. The van der Waals surface area contributed by atoms with Crippen molar-refractivity contribution in [1.29, 1.82) is 0 Å². The molecule has 0 aliphatic rings. The maximum absolute atomic E-state index is 12.8. The summed E-state index contributed by atoms with van der Waals surface area (Å²) in [4.78, 5) is 13.9. The van der Waals surface area contributed by atoms with E-state index < -0.39 is 0 Å². The van der Waals surface area contributed by atoms with E-state index in [1.807, 2.05) is 37.3 Å². The summed E-state index contributed by atoms with van der Waals surface area (Å²) in [6, 6.07) is 18.3. The number of rotatable bonds is 5. The fraction of sp³-hybridized carbons (Fsp3) is 0.227. The standard InChI is InChI=1S/C22H24N2OS/c1-14(2)17-9-11-18(12-10-17)19-15(3)26-21(23)20(19)22(25)24-13-16-7-5-4-6-8-16/h4-12,14H,13,23H2,1-3H3,(H,24,25). The molecule has 0 aliphatic carbocycles. The van der Waals surface area contributed by atoms with Gasteiger partial charge in [0.15, 0.2) is 0 Å². The SMILES string of the molecule is Cc1sc(N)c(C(=O)NCc2ccccc2)c1-c1ccc(C(C)C)cc1. The lowest BCUT2D eigenvalue weighted by molar-refractivity contribution is 0.0953. The molecule has 0 saturated carbocycles. The Bertz CT molecular complexity index is 896. The van der Waals surface area contributed by atoms with E-state index in [0.717, 1.165) is 21.6 Å². The van der Waals surface area contributed by atoms with Crippen molar-refractivity contribution in [2.75, 3.05) is 5.73 Å². The zero-order chi connectivity index (χ0) is 18.7. The Labute approximate surface area is 158 Å². The number of aryl methyl sites for hydroxylation is 1. The number of nitrogen functional groups attached to an aromatic ring is 1. The molecule has 0 bridgehead atoms. The van der Waals surface area contributed by atoms with Crippen molar-refractivity contribution >= 4 is 22.2 Å². The van der Waals surface area contributed by atoms with Gasteiger partial charge in [-0.05, 0) is 29.5 Å². The first-order chi connectivity index (χ1) is 12.5. The Kier molecular flexibility index (Phi) is 5.43. The van der Waals surface area contributed by atoms with Gasteiger partial charge < -0.3 is 11.1 Å². The average molecular weight is 365 g/mol. The van der Waals surface area contributed by atoms with Crippen molar-refractivity contribution < 1.29 is 4.79 Å². The van der Waals surface area contributed by atoms with Crippen LogP contribution < -0.4 is 11.1 Å². The van der Waals surface area contributed by atoms with Gasteiger partial charge in [-0.15, -0.1) is 11.3 Å². The molecule has 26 heavy (non-hydrogen) atoms. The molecule has 0 aliphatic heterocycles. The Morgan fingerprint density at radius 3 is 2.35 bits per heavy atom. The van der Waals surface area contributed by atoms with Crippen LogP contribution in [-0.2, 0) is 6.54 Å². The van der Waals surface area contributed by atoms with Crippen LogP contribution >= 0.6 is 11.3 Å². The Hall–Kier alpha value is -2.59. The van der Waals surface area contributed by atoms with Crippen molar-refractivity contribution in [3.63, 3.8) is 0 Å². The van der Waals surface area contributed by atoms with Gasteiger partial charge in [0.1, 0.15) is 0 Å². The van der Waals surface area contributed by atoms with Crippen molar-refractivity contribution in [1.82, 2.24) is 5.32 Å². The molecule has 3 aromatic rings. The van der Waals surface area contributed by atoms with Gasteiger partial charge in [-0.25, -0.2) is 0 Å². The lowest BCUT2D eigenvalue weighted by Crippen LogP contribution is -2.23. The number of hydrogen-bond acceptors (Lipinski definition) is 3. The van der Waals surface area contributed by atoms with E-state index in [4.69, 9.17) is 5.73 Å². The average Bonchev–Trinajstić information content (AvgIpc) is 2.94. The maximum atomic E-state index is 12.8. The zero-order valence-corrected chi connectivity index (χ0v) is 16.2. The summed E-state index contributed by atoms with van der Waals surface area (Å²) in [6.07, 6.45) is 0. The largest absolute Gasteiger partial charge is 0.390 e. The zero-order valence-electron chi connectivity index (χ0n) is 15.4. The van der Waals surface area contributed by atoms with Gasteiger partial charge >= 0.3 is 0 Å². The highest BCUT2D eigenvalue weighted by atomic mass is 32.1. The molecular weight excluding hydrogens is 340 g/mol. The summed E-state index contributed by atoms with van der Waals surface area (Å²) in [6.45, 7) is 6.84. The second-order valence-electron chi connectivity index (χ2n) is 6.72. The van der Waals surface area contributed by atoms with E-state index in [1.54, 1.807) is 0 Å². The van der Waals surface area contributed by atoms with Crippen molar-refractivity contribution in [2.24, 2.45) is 0 Å². The van der Waals surface area contributed by atoms with E-state index >= 15 is 0 Å². The molecular formula is C22H24N2OS. The lowest BCUT2D eigenvalue weighted by atomic mass is 9.96. The highest BCUT2D eigenvalue weighted by Crippen LogP contribution is 2.38. The maximum Gasteiger partial charge on any atom is 0.255 e. The normalized spacial score (nSPS) is 10.9. The quantitative estimate of drug-likeness (QED) is 0.640. The van der Waals surface area contributed by atoms with Crippen LogP contribution in [-0.4, -0.2) is 5.91 Å². The number of thiophene rings is 1. The van der Waals surface area contributed by atoms with E-state index in [-0.39, 0.29) is 5.91 Å². The first-order valence-electron chi connectivity index (χ1n) is 8.78. The second-order valence-corrected chi connectivity index (χ2v) is 7.97. The van der Waals surface area contributed by atoms with Crippen LogP contribution in [0.3, 0.4) is 0 Å². The number of benzene rings is 2. The highest BCUT2D eigenvalue weighted by Gasteiger charge is 2.21. The molecule has 1 amide bonds. The molecule has 0 unspecified atom stereocenters. The summed E-state index contributed by atoms with van der Waals surface area (Å²) in [5.41, 5.74) is 11.1. The summed E-state index contributed by atoms with van der Waals surface area (Å²) < 4.78 is 0. The number of hydrogen-bond donors (Lipinski definition) is 2. The van der Waals surface area contributed by atoms with Gasteiger partial charge in [0, 0.05) is 17.0 Å².